The number of nitrogens with one attached hydrogen (secondary N) is 1. The van der Waals surface area contributed by atoms with Gasteiger partial charge in [-0.1, -0.05) is 6.07 Å². The molecule has 1 aliphatic heterocycles. The molecule has 1 aromatic rings. The van der Waals surface area contributed by atoms with E-state index in [1.54, 1.807) is 0 Å². The van der Waals surface area contributed by atoms with Crippen LogP contribution in [-0.2, 0) is 0 Å². The van der Waals surface area contributed by atoms with Gasteiger partial charge < -0.3 is 5.32 Å². The van der Waals surface area contributed by atoms with E-state index in [-0.39, 0.29) is 11.6 Å². The maximum Gasteiger partial charge on any atom is 0.194 e. The van der Waals surface area contributed by atoms with Crippen molar-refractivity contribution in [3.8, 4) is 0 Å². The molecule has 1 atom stereocenters. The molecule has 0 aromatic heterocycles. The van der Waals surface area contributed by atoms with E-state index in [1.807, 2.05) is 0 Å². The van der Waals surface area contributed by atoms with Crippen molar-refractivity contribution in [2.75, 3.05) is 6.54 Å². The molecule has 1 saturated heterocycles. The van der Waals surface area contributed by atoms with Crippen LogP contribution in [0.3, 0.4) is 0 Å². The quantitative estimate of drug-likeness (QED) is 0.688. The molecular formula is C10H10F3N. The summed E-state index contributed by atoms with van der Waals surface area (Å²) < 4.78 is 38.7. The van der Waals surface area contributed by atoms with Crippen LogP contribution >= 0.6 is 0 Å². The minimum absolute atomic E-state index is 0.176. The Morgan fingerprint density at radius 3 is 2.57 bits per heavy atom. The predicted molar refractivity (Wildman–Crippen MR) is 46.3 cm³/mol. The van der Waals surface area contributed by atoms with Gasteiger partial charge in [0.1, 0.15) is 0 Å². The molecule has 0 bridgehead atoms. The first-order valence-electron chi connectivity index (χ1n) is 4.57. The molecule has 4 heteroatoms. The number of halogens is 3. The third-order valence-corrected chi connectivity index (χ3v) is 2.50. The van der Waals surface area contributed by atoms with Gasteiger partial charge in [-0.05, 0) is 25.5 Å². The van der Waals surface area contributed by atoms with Gasteiger partial charge in [0.2, 0.25) is 0 Å². The lowest BCUT2D eigenvalue weighted by Gasteiger charge is -2.11. The molecule has 2 rings (SSSR count). The first-order chi connectivity index (χ1) is 6.70. The topological polar surface area (TPSA) is 12.0 Å². The summed E-state index contributed by atoms with van der Waals surface area (Å²) in [5, 5.41) is 3.03. The molecule has 1 fully saturated rings. The van der Waals surface area contributed by atoms with Crippen molar-refractivity contribution in [1.29, 1.82) is 0 Å². The second kappa shape index (κ2) is 3.61. The van der Waals surface area contributed by atoms with Crippen LogP contribution in [0, 0.1) is 17.5 Å². The first-order valence-corrected chi connectivity index (χ1v) is 4.57. The fourth-order valence-corrected chi connectivity index (χ4v) is 1.76. The van der Waals surface area contributed by atoms with Crippen LogP contribution in [0.5, 0.6) is 0 Å². The summed E-state index contributed by atoms with van der Waals surface area (Å²) in [6, 6.07) is 2.09. The van der Waals surface area contributed by atoms with E-state index in [0.29, 0.717) is 0 Å². The Bertz CT molecular complexity index is 345. The molecule has 1 N–H and O–H groups in total. The molecule has 76 valence electrons. The number of rotatable bonds is 1. The molecule has 0 unspecified atom stereocenters. The smallest absolute Gasteiger partial charge is 0.194 e. The maximum atomic E-state index is 13.3. The Morgan fingerprint density at radius 1 is 1.14 bits per heavy atom. The van der Waals surface area contributed by atoms with Crippen LogP contribution in [0.25, 0.3) is 0 Å². The predicted octanol–water partition coefficient (Wildman–Crippen LogP) is 2.53. The van der Waals surface area contributed by atoms with Crippen LogP contribution in [-0.4, -0.2) is 6.54 Å². The fourth-order valence-electron chi connectivity index (χ4n) is 1.76. The number of hydrogen-bond acceptors (Lipinski definition) is 1. The highest BCUT2D eigenvalue weighted by Crippen LogP contribution is 2.27. The molecule has 0 radical (unpaired) electrons. The normalized spacial score (nSPS) is 21.5. The van der Waals surface area contributed by atoms with E-state index in [2.05, 4.69) is 5.32 Å². The number of hydrogen-bond donors (Lipinski definition) is 1. The summed E-state index contributed by atoms with van der Waals surface area (Å²) in [4.78, 5) is 0. The minimum atomic E-state index is -1.38. The molecule has 1 nitrogen and oxygen atoms in total. The van der Waals surface area contributed by atoms with Gasteiger partial charge in [-0.25, -0.2) is 13.2 Å². The van der Waals surface area contributed by atoms with Crippen molar-refractivity contribution in [1.82, 2.24) is 5.32 Å². The summed E-state index contributed by atoms with van der Waals surface area (Å²) in [5.41, 5.74) is 0.224. The average molecular weight is 201 g/mol. The maximum absolute atomic E-state index is 13.3. The van der Waals surface area contributed by atoms with Crippen LogP contribution in [0.15, 0.2) is 12.1 Å². The summed E-state index contributed by atoms with van der Waals surface area (Å²) in [5.74, 6) is -3.58. The van der Waals surface area contributed by atoms with Crippen molar-refractivity contribution in [2.45, 2.75) is 18.9 Å². The van der Waals surface area contributed by atoms with E-state index in [0.717, 1.165) is 25.5 Å². The van der Waals surface area contributed by atoms with Crippen LogP contribution in [0.1, 0.15) is 24.4 Å². The van der Waals surface area contributed by atoms with Crippen molar-refractivity contribution in [3.05, 3.63) is 35.1 Å². The lowest BCUT2D eigenvalue weighted by Crippen LogP contribution is -2.15. The molecular weight excluding hydrogens is 191 g/mol. The van der Waals surface area contributed by atoms with Crippen LogP contribution in [0.2, 0.25) is 0 Å². The van der Waals surface area contributed by atoms with Gasteiger partial charge in [-0.3, -0.25) is 0 Å². The summed E-state index contributed by atoms with van der Waals surface area (Å²) in [6.07, 6.45) is 1.70. The second-order valence-electron chi connectivity index (χ2n) is 3.41. The zero-order chi connectivity index (χ0) is 10.1. The SMILES string of the molecule is Fc1ccc([C@H]2CCCN2)c(F)c1F. The van der Waals surface area contributed by atoms with Gasteiger partial charge in [0.15, 0.2) is 17.5 Å². The van der Waals surface area contributed by atoms with Crippen molar-refractivity contribution < 1.29 is 13.2 Å². The molecule has 0 saturated carbocycles. The Kier molecular flexibility index (Phi) is 2.46. The van der Waals surface area contributed by atoms with E-state index in [1.165, 1.54) is 6.07 Å². The van der Waals surface area contributed by atoms with Crippen LogP contribution < -0.4 is 5.32 Å². The molecule has 0 amide bonds. The Hall–Kier alpha value is -1.03. The highest BCUT2D eigenvalue weighted by molar-refractivity contribution is 5.24. The zero-order valence-electron chi connectivity index (χ0n) is 7.49. The standard InChI is InChI=1S/C10H10F3N/c11-7-4-3-6(9(12)10(7)13)8-2-1-5-14-8/h3-4,8,14H,1-2,5H2/t8-/m1/s1. The molecule has 1 aliphatic rings. The van der Waals surface area contributed by atoms with Gasteiger partial charge in [-0.2, -0.15) is 0 Å². The monoisotopic (exact) mass is 201 g/mol. The largest absolute Gasteiger partial charge is 0.310 e. The number of benzene rings is 1. The van der Waals surface area contributed by atoms with E-state index < -0.39 is 17.5 Å². The zero-order valence-corrected chi connectivity index (χ0v) is 7.49. The summed E-state index contributed by atoms with van der Waals surface area (Å²) >= 11 is 0. The molecule has 0 spiro atoms. The van der Waals surface area contributed by atoms with Crippen LogP contribution in [0.4, 0.5) is 13.2 Å². The van der Waals surface area contributed by atoms with E-state index >= 15 is 0 Å². The molecule has 1 heterocycles. The van der Waals surface area contributed by atoms with Crippen molar-refractivity contribution in [2.24, 2.45) is 0 Å². The molecule has 1 aromatic carbocycles. The van der Waals surface area contributed by atoms with Gasteiger partial charge in [0.05, 0.1) is 0 Å². The fraction of sp³-hybridized carbons (Fsp3) is 0.400. The third-order valence-electron chi connectivity index (χ3n) is 2.50. The highest BCUT2D eigenvalue weighted by Gasteiger charge is 2.22. The lowest BCUT2D eigenvalue weighted by atomic mass is 10.0. The average Bonchev–Trinajstić information content (AvgIpc) is 2.67. The molecule has 14 heavy (non-hydrogen) atoms. The second-order valence-corrected chi connectivity index (χ2v) is 3.41. The van der Waals surface area contributed by atoms with Crippen molar-refractivity contribution >= 4 is 0 Å². The molecule has 0 aliphatic carbocycles. The summed E-state index contributed by atoms with van der Waals surface area (Å²) in [6.45, 7) is 0.795. The Morgan fingerprint density at radius 2 is 1.93 bits per heavy atom. The van der Waals surface area contributed by atoms with E-state index in [9.17, 15) is 13.2 Å². The van der Waals surface area contributed by atoms with Gasteiger partial charge in [0.25, 0.3) is 0 Å². The first kappa shape index (κ1) is 9.52. The Balaban J connectivity index is 2.38. The van der Waals surface area contributed by atoms with E-state index in [4.69, 9.17) is 0 Å². The van der Waals surface area contributed by atoms with Crippen molar-refractivity contribution in [3.63, 3.8) is 0 Å². The lowest BCUT2D eigenvalue weighted by molar-refractivity contribution is 0.432. The highest BCUT2D eigenvalue weighted by atomic mass is 19.2. The van der Waals surface area contributed by atoms with Gasteiger partial charge >= 0.3 is 0 Å². The Labute approximate surface area is 79.9 Å². The third kappa shape index (κ3) is 1.50. The minimum Gasteiger partial charge on any atom is -0.310 e. The van der Waals surface area contributed by atoms with Gasteiger partial charge in [-0.15, -0.1) is 0 Å². The van der Waals surface area contributed by atoms with Gasteiger partial charge in [0, 0.05) is 11.6 Å². The summed E-state index contributed by atoms with van der Waals surface area (Å²) in [7, 11) is 0.